The first-order valence-corrected chi connectivity index (χ1v) is 8.33. The van der Waals surface area contributed by atoms with Crippen molar-refractivity contribution in [3.05, 3.63) is 89.7 Å². The van der Waals surface area contributed by atoms with Gasteiger partial charge in [-0.25, -0.2) is 15.0 Å². The Labute approximate surface area is 153 Å². The number of hydrogen-bond acceptors (Lipinski definition) is 3. The van der Waals surface area contributed by atoms with Crippen LogP contribution >= 0.6 is 0 Å². The second-order valence-corrected chi connectivity index (χ2v) is 6.14. The molecule has 0 spiro atoms. The highest BCUT2D eigenvalue weighted by atomic mass is 19.4. The molecule has 0 unspecified atom stereocenters. The van der Waals surface area contributed by atoms with Crippen LogP contribution in [0.1, 0.15) is 16.8 Å². The van der Waals surface area contributed by atoms with Crippen LogP contribution in [0.5, 0.6) is 0 Å². The summed E-state index contributed by atoms with van der Waals surface area (Å²) in [5.41, 5.74) is 2.30. The fraction of sp³-hybridized carbons (Fsp3) is 0.0952. The summed E-state index contributed by atoms with van der Waals surface area (Å²) in [6, 6.07) is 18.3. The number of para-hydroxylation sites is 1. The molecule has 6 heteroatoms. The maximum absolute atomic E-state index is 12.7. The van der Waals surface area contributed by atoms with E-state index in [0.29, 0.717) is 17.9 Å². The molecule has 134 valence electrons. The van der Waals surface area contributed by atoms with E-state index in [2.05, 4.69) is 15.0 Å². The summed E-state index contributed by atoms with van der Waals surface area (Å²) in [7, 11) is 0. The standard InChI is InChI=1S/C21H14F3N3/c22-21(23,24)16-10-8-14(9-11-16)12-17-5-3-7-19(26-17)20-25-13-15-4-1-2-6-18(15)27-20/h1-11,13H,12H2. The Morgan fingerprint density at radius 2 is 1.56 bits per heavy atom. The highest BCUT2D eigenvalue weighted by molar-refractivity contribution is 5.79. The average Bonchev–Trinajstić information content (AvgIpc) is 2.67. The Morgan fingerprint density at radius 1 is 0.778 bits per heavy atom. The van der Waals surface area contributed by atoms with Gasteiger partial charge in [0.05, 0.1) is 11.1 Å². The van der Waals surface area contributed by atoms with Crippen LogP contribution in [0.4, 0.5) is 13.2 Å². The van der Waals surface area contributed by atoms with Gasteiger partial charge >= 0.3 is 6.18 Å². The predicted molar refractivity (Wildman–Crippen MR) is 97.0 cm³/mol. The van der Waals surface area contributed by atoms with Crippen molar-refractivity contribution < 1.29 is 13.2 Å². The van der Waals surface area contributed by atoms with Gasteiger partial charge in [0.2, 0.25) is 0 Å². The van der Waals surface area contributed by atoms with E-state index in [1.54, 1.807) is 6.20 Å². The lowest BCUT2D eigenvalue weighted by Crippen LogP contribution is -2.04. The number of rotatable bonds is 3. The summed E-state index contributed by atoms with van der Waals surface area (Å²) in [4.78, 5) is 13.5. The highest BCUT2D eigenvalue weighted by Gasteiger charge is 2.29. The van der Waals surface area contributed by atoms with E-state index in [9.17, 15) is 13.2 Å². The van der Waals surface area contributed by atoms with Gasteiger partial charge in [-0.3, -0.25) is 0 Å². The third-order valence-electron chi connectivity index (χ3n) is 4.19. The molecule has 4 aromatic rings. The highest BCUT2D eigenvalue weighted by Crippen LogP contribution is 2.29. The van der Waals surface area contributed by atoms with Gasteiger partial charge < -0.3 is 0 Å². The van der Waals surface area contributed by atoms with Crippen molar-refractivity contribution in [1.29, 1.82) is 0 Å². The van der Waals surface area contributed by atoms with Gasteiger partial charge in [0, 0.05) is 23.7 Å². The smallest absolute Gasteiger partial charge is 0.249 e. The molecule has 0 aliphatic heterocycles. The van der Waals surface area contributed by atoms with E-state index in [1.165, 1.54) is 12.1 Å². The molecule has 0 saturated heterocycles. The van der Waals surface area contributed by atoms with E-state index in [4.69, 9.17) is 0 Å². The molecule has 0 N–H and O–H groups in total. The summed E-state index contributed by atoms with van der Waals surface area (Å²) in [6.07, 6.45) is -2.15. The quantitative estimate of drug-likeness (QED) is 0.494. The fourth-order valence-corrected chi connectivity index (χ4v) is 2.82. The summed E-state index contributed by atoms with van der Waals surface area (Å²) in [5, 5.41) is 0.946. The molecule has 0 aliphatic rings. The number of hydrogen-bond donors (Lipinski definition) is 0. The molecule has 0 aliphatic carbocycles. The molecular formula is C21H14F3N3. The van der Waals surface area contributed by atoms with Crippen molar-refractivity contribution in [1.82, 2.24) is 15.0 Å². The normalized spacial score (nSPS) is 11.7. The number of benzene rings is 2. The van der Waals surface area contributed by atoms with Gasteiger partial charge in [0.15, 0.2) is 5.82 Å². The average molecular weight is 365 g/mol. The zero-order valence-electron chi connectivity index (χ0n) is 14.1. The number of fused-ring (bicyclic) bond motifs is 1. The Morgan fingerprint density at radius 3 is 2.33 bits per heavy atom. The van der Waals surface area contributed by atoms with Gasteiger partial charge in [0.25, 0.3) is 0 Å². The van der Waals surface area contributed by atoms with E-state index < -0.39 is 11.7 Å². The van der Waals surface area contributed by atoms with Gasteiger partial charge in [-0.2, -0.15) is 13.2 Å². The Balaban J connectivity index is 1.60. The molecule has 0 radical (unpaired) electrons. The molecule has 4 rings (SSSR count). The van der Waals surface area contributed by atoms with E-state index in [0.717, 1.165) is 34.3 Å². The summed E-state index contributed by atoms with van der Waals surface area (Å²) >= 11 is 0. The van der Waals surface area contributed by atoms with E-state index >= 15 is 0 Å². The summed E-state index contributed by atoms with van der Waals surface area (Å²) < 4.78 is 38.0. The lowest BCUT2D eigenvalue weighted by molar-refractivity contribution is -0.137. The first-order chi connectivity index (χ1) is 13.0. The van der Waals surface area contributed by atoms with Crippen LogP contribution in [-0.4, -0.2) is 15.0 Å². The van der Waals surface area contributed by atoms with Crippen molar-refractivity contribution in [3.63, 3.8) is 0 Å². The lowest BCUT2D eigenvalue weighted by atomic mass is 10.1. The molecule has 2 aromatic heterocycles. The Bertz CT molecular complexity index is 1090. The number of nitrogens with zero attached hydrogens (tertiary/aromatic N) is 3. The predicted octanol–water partition coefficient (Wildman–Crippen LogP) is 5.30. The third-order valence-corrected chi connectivity index (χ3v) is 4.19. The minimum absolute atomic E-state index is 0.430. The maximum atomic E-state index is 12.7. The molecule has 0 atom stereocenters. The fourth-order valence-electron chi connectivity index (χ4n) is 2.82. The number of halogens is 3. The summed E-state index contributed by atoms with van der Waals surface area (Å²) in [5.74, 6) is 0.517. The minimum Gasteiger partial charge on any atom is -0.249 e. The first kappa shape index (κ1) is 17.1. The van der Waals surface area contributed by atoms with Crippen LogP contribution in [0.3, 0.4) is 0 Å². The van der Waals surface area contributed by atoms with Gasteiger partial charge in [-0.1, -0.05) is 36.4 Å². The zero-order valence-corrected chi connectivity index (χ0v) is 14.1. The van der Waals surface area contributed by atoms with Crippen molar-refractivity contribution >= 4 is 10.9 Å². The van der Waals surface area contributed by atoms with Crippen LogP contribution in [0, 0.1) is 0 Å². The van der Waals surface area contributed by atoms with Crippen LogP contribution in [0.2, 0.25) is 0 Å². The van der Waals surface area contributed by atoms with Gasteiger partial charge in [-0.05, 0) is 35.9 Å². The van der Waals surface area contributed by atoms with Crippen LogP contribution in [0.25, 0.3) is 22.4 Å². The topological polar surface area (TPSA) is 38.7 Å². The second-order valence-electron chi connectivity index (χ2n) is 6.14. The maximum Gasteiger partial charge on any atom is 0.416 e. The Kier molecular flexibility index (Phi) is 4.32. The largest absolute Gasteiger partial charge is 0.416 e. The Hall–Kier alpha value is -3.28. The van der Waals surface area contributed by atoms with E-state index in [1.807, 2.05) is 42.5 Å². The molecule has 2 heterocycles. The molecule has 27 heavy (non-hydrogen) atoms. The molecule has 0 fully saturated rings. The van der Waals surface area contributed by atoms with Crippen molar-refractivity contribution in [2.75, 3.05) is 0 Å². The van der Waals surface area contributed by atoms with E-state index in [-0.39, 0.29) is 0 Å². The van der Waals surface area contributed by atoms with Crippen LogP contribution in [-0.2, 0) is 12.6 Å². The number of alkyl halides is 3. The molecule has 0 amide bonds. The van der Waals surface area contributed by atoms with Gasteiger partial charge in [0.1, 0.15) is 5.69 Å². The van der Waals surface area contributed by atoms with Crippen LogP contribution < -0.4 is 0 Å². The molecular weight excluding hydrogens is 351 g/mol. The number of aromatic nitrogens is 3. The first-order valence-electron chi connectivity index (χ1n) is 8.33. The lowest BCUT2D eigenvalue weighted by Gasteiger charge is -2.08. The number of pyridine rings is 1. The molecule has 0 saturated carbocycles. The minimum atomic E-state index is -4.33. The SMILES string of the molecule is FC(F)(F)c1ccc(Cc2cccc(-c3ncc4ccccc4n3)n2)cc1. The molecule has 0 bridgehead atoms. The zero-order chi connectivity index (χ0) is 18.9. The van der Waals surface area contributed by atoms with Crippen molar-refractivity contribution in [2.45, 2.75) is 12.6 Å². The third kappa shape index (κ3) is 3.79. The van der Waals surface area contributed by atoms with Crippen molar-refractivity contribution in [3.8, 4) is 11.5 Å². The van der Waals surface area contributed by atoms with Crippen molar-refractivity contribution in [2.24, 2.45) is 0 Å². The molecule has 3 nitrogen and oxygen atoms in total. The monoisotopic (exact) mass is 365 g/mol. The van der Waals surface area contributed by atoms with Crippen LogP contribution in [0.15, 0.2) is 72.9 Å². The summed E-state index contributed by atoms with van der Waals surface area (Å²) in [6.45, 7) is 0. The second kappa shape index (κ2) is 6.79. The molecule has 2 aromatic carbocycles. The van der Waals surface area contributed by atoms with Gasteiger partial charge in [-0.15, -0.1) is 0 Å².